The molecular weight excluding hydrogens is 334 g/mol. The number of hydrogen-bond acceptors (Lipinski definition) is 5. The molecule has 0 atom stereocenters. The predicted octanol–water partition coefficient (Wildman–Crippen LogP) is 2.33. The quantitative estimate of drug-likeness (QED) is 0.810. The summed E-state index contributed by atoms with van der Waals surface area (Å²) >= 11 is 0. The van der Waals surface area contributed by atoms with Crippen LogP contribution in [0.1, 0.15) is 5.56 Å². The Labute approximate surface area is 163 Å². The van der Waals surface area contributed by atoms with Crippen molar-refractivity contribution in [1.29, 1.82) is 0 Å². The van der Waals surface area contributed by atoms with Crippen molar-refractivity contribution in [2.75, 3.05) is 75.2 Å². The van der Waals surface area contributed by atoms with Gasteiger partial charge in [-0.3, -0.25) is 9.80 Å². The van der Waals surface area contributed by atoms with E-state index in [1.54, 1.807) is 0 Å². The maximum Gasteiger partial charge on any atom is 0.128 e. The van der Waals surface area contributed by atoms with Crippen molar-refractivity contribution in [2.45, 2.75) is 6.92 Å². The SMILES string of the molecule is Cc1cccc(N2CCN(CCN3CCN(c4ccccn4)CC3)CC2)c1. The zero-order valence-corrected chi connectivity index (χ0v) is 16.4. The molecule has 1 aromatic heterocycles. The Bertz CT molecular complexity index is 704. The topological polar surface area (TPSA) is 25.9 Å². The highest BCUT2D eigenvalue weighted by molar-refractivity contribution is 5.48. The molecule has 0 amide bonds. The second kappa shape index (κ2) is 8.72. The number of benzene rings is 1. The van der Waals surface area contributed by atoms with Gasteiger partial charge < -0.3 is 9.80 Å². The molecule has 2 aliphatic rings. The number of aromatic nitrogens is 1. The lowest BCUT2D eigenvalue weighted by Gasteiger charge is -2.39. The van der Waals surface area contributed by atoms with Crippen molar-refractivity contribution >= 4 is 11.5 Å². The number of rotatable bonds is 5. The molecule has 0 bridgehead atoms. The first-order valence-electron chi connectivity index (χ1n) is 10.2. The molecule has 2 aromatic rings. The van der Waals surface area contributed by atoms with Gasteiger partial charge in [-0.2, -0.15) is 0 Å². The summed E-state index contributed by atoms with van der Waals surface area (Å²) in [6.07, 6.45) is 1.89. The Morgan fingerprint density at radius 2 is 1.41 bits per heavy atom. The lowest BCUT2D eigenvalue weighted by molar-refractivity contribution is 0.190. The van der Waals surface area contributed by atoms with Crippen molar-refractivity contribution in [3.63, 3.8) is 0 Å². The van der Waals surface area contributed by atoms with Crippen molar-refractivity contribution in [3.8, 4) is 0 Å². The minimum atomic E-state index is 1.08. The van der Waals surface area contributed by atoms with Gasteiger partial charge in [0.05, 0.1) is 0 Å². The second-order valence-electron chi connectivity index (χ2n) is 7.68. The molecule has 0 radical (unpaired) electrons. The van der Waals surface area contributed by atoms with Crippen LogP contribution >= 0.6 is 0 Å². The molecule has 0 aliphatic carbocycles. The van der Waals surface area contributed by atoms with E-state index in [4.69, 9.17) is 0 Å². The number of hydrogen-bond donors (Lipinski definition) is 0. The van der Waals surface area contributed by atoms with E-state index in [1.807, 2.05) is 12.3 Å². The van der Waals surface area contributed by atoms with Gasteiger partial charge in [0, 0.05) is 77.3 Å². The molecule has 0 N–H and O–H groups in total. The summed E-state index contributed by atoms with van der Waals surface area (Å²) in [4.78, 5) is 14.6. The molecule has 3 heterocycles. The molecule has 2 fully saturated rings. The minimum Gasteiger partial charge on any atom is -0.369 e. The second-order valence-corrected chi connectivity index (χ2v) is 7.68. The maximum absolute atomic E-state index is 4.48. The molecule has 1 aromatic carbocycles. The molecule has 0 unspecified atom stereocenters. The maximum atomic E-state index is 4.48. The fourth-order valence-electron chi connectivity index (χ4n) is 4.08. The summed E-state index contributed by atoms with van der Waals surface area (Å²) in [7, 11) is 0. The van der Waals surface area contributed by atoms with E-state index in [0.29, 0.717) is 0 Å². The van der Waals surface area contributed by atoms with Crippen molar-refractivity contribution in [1.82, 2.24) is 14.8 Å². The van der Waals surface area contributed by atoms with Crippen LogP contribution < -0.4 is 9.80 Å². The monoisotopic (exact) mass is 365 g/mol. The van der Waals surface area contributed by atoms with Crippen LogP contribution in [-0.4, -0.2) is 80.2 Å². The average molecular weight is 366 g/mol. The lowest BCUT2D eigenvalue weighted by atomic mass is 10.2. The Balaban J connectivity index is 1.18. The normalized spacial score (nSPS) is 19.4. The summed E-state index contributed by atoms with van der Waals surface area (Å²) in [5.74, 6) is 1.12. The zero-order valence-electron chi connectivity index (χ0n) is 16.4. The summed E-state index contributed by atoms with van der Waals surface area (Å²) in [5, 5.41) is 0. The molecule has 5 nitrogen and oxygen atoms in total. The fraction of sp³-hybridized carbons (Fsp3) is 0.500. The van der Waals surface area contributed by atoms with Gasteiger partial charge in [0.15, 0.2) is 0 Å². The van der Waals surface area contributed by atoms with Crippen LogP contribution in [0.4, 0.5) is 11.5 Å². The number of aryl methyl sites for hydroxylation is 1. The Kier molecular flexibility index (Phi) is 5.90. The van der Waals surface area contributed by atoms with Crippen LogP contribution in [0.5, 0.6) is 0 Å². The van der Waals surface area contributed by atoms with Gasteiger partial charge in [0.1, 0.15) is 5.82 Å². The van der Waals surface area contributed by atoms with E-state index in [2.05, 4.69) is 67.9 Å². The molecule has 27 heavy (non-hydrogen) atoms. The third-order valence-corrected chi connectivity index (χ3v) is 5.82. The molecule has 0 spiro atoms. The minimum absolute atomic E-state index is 1.08. The van der Waals surface area contributed by atoms with E-state index < -0.39 is 0 Å². The lowest BCUT2D eigenvalue weighted by Crippen LogP contribution is -2.51. The van der Waals surface area contributed by atoms with Crippen LogP contribution in [-0.2, 0) is 0 Å². The molecule has 4 rings (SSSR count). The van der Waals surface area contributed by atoms with Gasteiger partial charge >= 0.3 is 0 Å². The van der Waals surface area contributed by atoms with Crippen LogP contribution in [0.2, 0.25) is 0 Å². The average Bonchev–Trinajstić information content (AvgIpc) is 2.74. The van der Waals surface area contributed by atoms with E-state index in [0.717, 1.165) is 45.1 Å². The molecule has 144 valence electrons. The van der Waals surface area contributed by atoms with Crippen molar-refractivity contribution in [3.05, 3.63) is 54.2 Å². The molecule has 2 aliphatic heterocycles. The van der Waals surface area contributed by atoms with E-state index in [-0.39, 0.29) is 0 Å². The Morgan fingerprint density at radius 1 is 0.741 bits per heavy atom. The van der Waals surface area contributed by atoms with Crippen LogP contribution in [0.15, 0.2) is 48.7 Å². The molecule has 5 heteroatoms. The van der Waals surface area contributed by atoms with Gasteiger partial charge in [0.2, 0.25) is 0 Å². The molecular formula is C22H31N5. The number of piperazine rings is 2. The summed E-state index contributed by atoms with van der Waals surface area (Å²) in [6.45, 7) is 13.6. The number of pyridine rings is 1. The first kappa shape index (κ1) is 18.3. The number of nitrogens with zero attached hydrogens (tertiary/aromatic N) is 5. The van der Waals surface area contributed by atoms with Crippen molar-refractivity contribution in [2.24, 2.45) is 0 Å². The Hall–Kier alpha value is -2.11. The Morgan fingerprint density at radius 3 is 2.00 bits per heavy atom. The van der Waals surface area contributed by atoms with Crippen LogP contribution in [0.3, 0.4) is 0 Å². The smallest absolute Gasteiger partial charge is 0.128 e. The summed E-state index contributed by atoms with van der Waals surface area (Å²) < 4.78 is 0. The first-order valence-corrected chi connectivity index (χ1v) is 10.2. The highest BCUT2D eigenvalue weighted by Crippen LogP contribution is 2.18. The van der Waals surface area contributed by atoms with E-state index in [9.17, 15) is 0 Å². The first-order chi connectivity index (χ1) is 13.3. The molecule has 0 saturated carbocycles. The standard InChI is InChI=1S/C22H31N5/c1-20-5-4-6-21(19-20)26-15-11-24(12-16-26)9-10-25-13-17-27(18-14-25)22-7-2-3-8-23-22/h2-8,19H,9-18H2,1H3. The number of anilines is 2. The largest absolute Gasteiger partial charge is 0.369 e. The van der Waals surface area contributed by atoms with Crippen LogP contribution in [0.25, 0.3) is 0 Å². The zero-order chi connectivity index (χ0) is 18.5. The summed E-state index contributed by atoms with van der Waals surface area (Å²) in [6, 6.07) is 15.1. The third-order valence-electron chi connectivity index (χ3n) is 5.82. The van der Waals surface area contributed by atoms with E-state index >= 15 is 0 Å². The van der Waals surface area contributed by atoms with Gasteiger partial charge in [-0.1, -0.05) is 18.2 Å². The van der Waals surface area contributed by atoms with Crippen LogP contribution in [0, 0.1) is 6.92 Å². The highest BCUT2D eigenvalue weighted by atomic mass is 15.3. The van der Waals surface area contributed by atoms with E-state index in [1.165, 1.54) is 37.4 Å². The van der Waals surface area contributed by atoms with Gasteiger partial charge in [-0.05, 0) is 36.8 Å². The third kappa shape index (κ3) is 4.79. The summed E-state index contributed by atoms with van der Waals surface area (Å²) in [5.41, 5.74) is 2.72. The van der Waals surface area contributed by atoms with Gasteiger partial charge in [-0.25, -0.2) is 4.98 Å². The highest BCUT2D eigenvalue weighted by Gasteiger charge is 2.20. The van der Waals surface area contributed by atoms with Crippen molar-refractivity contribution < 1.29 is 0 Å². The fourth-order valence-corrected chi connectivity index (χ4v) is 4.08. The van der Waals surface area contributed by atoms with Gasteiger partial charge in [-0.15, -0.1) is 0 Å². The predicted molar refractivity (Wildman–Crippen MR) is 113 cm³/mol. The molecule has 2 saturated heterocycles. The van der Waals surface area contributed by atoms with Gasteiger partial charge in [0.25, 0.3) is 0 Å².